The fourth-order valence-electron chi connectivity index (χ4n) is 2.97. The molecule has 2 aromatic carbocycles. The summed E-state index contributed by atoms with van der Waals surface area (Å²) in [5, 5.41) is 6.64. The molecule has 0 spiro atoms. The van der Waals surface area contributed by atoms with Gasteiger partial charge in [-0.3, -0.25) is 0 Å². The highest BCUT2D eigenvalue weighted by molar-refractivity contribution is 7.99. The highest BCUT2D eigenvalue weighted by atomic mass is 32.2. The first kappa shape index (κ1) is 18.6. The van der Waals surface area contributed by atoms with E-state index in [2.05, 4.69) is 36.6 Å². The van der Waals surface area contributed by atoms with Gasteiger partial charge >= 0.3 is 6.03 Å². The quantitative estimate of drug-likeness (QED) is 0.680. The maximum Gasteiger partial charge on any atom is 0.319 e. The second kappa shape index (κ2) is 8.49. The number of para-hydroxylation sites is 1. The number of ether oxygens (including phenoxy) is 1. The summed E-state index contributed by atoms with van der Waals surface area (Å²) in [6, 6.07) is 13.8. The summed E-state index contributed by atoms with van der Waals surface area (Å²) in [6.07, 6.45) is 1.91. The van der Waals surface area contributed by atoms with E-state index in [4.69, 9.17) is 4.74 Å². The average molecular weight is 371 g/mol. The van der Waals surface area contributed by atoms with Crippen LogP contribution < -0.4 is 15.4 Å². The van der Waals surface area contributed by atoms with Gasteiger partial charge in [-0.2, -0.15) is 0 Å². The zero-order chi connectivity index (χ0) is 18.5. The largest absolute Gasteiger partial charge is 0.493 e. The lowest BCUT2D eigenvalue weighted by atomic mass is 10.0. The van der Waals surface area contributed by atoms with Gasteiger partial charge in [0, 0.05) is 27.8 Å². The smallest absolute Gasteiger partial charge is 0.319 e. The van der Waals surface area contributed by atoms with Crippen molar-refractivity contribution in [2.45, 2.75) is 49.8 Å². The van der Waals surface area contributed by atoms with Crippen LogP contribution in [-0.2, 0) is 0 Å². The van der Waals surface area contributed by atoms with E-state index in [0.29, 0.717) is 11.9 Å². The number of carbonyl (C=O) groups is 1. The Morgan fingerprint density at radius 3 is 2.88 bits per heavy atom. The van der Waals surface area contributed by atoms with E-state index < -0.39 is 0 Å². The van der Waals surface area contributed by atoms with Crippen molar-refractivity contribution in [1.29, 1.82) is 0 Å². The number of benzene rings is 2. The van der Waals surface area contributed by atoms with Crippen molar-refractivity contribution >= 4 is 23.5 Å². The van der Waals surface area contributed by atoms with E-state index in [1.165, 1.54) is 4.90 Å². The van der Waals surface area contributed by atoms with Gasteiger partial charge in [-0.05, 0) is 43.2 Å². The van der Waals surface area contributed by atoms with Crippen molar-refractivity contribution in [1.82, 2.24) is 5.32 Å². The van der Waals surface area contributed by atoms with Gasteiger partial charge in [0.05, 0.1) is 12.6 Å². The van der Waals surface area contributed by atoms with Crippen molar-refractivity contribution in [3.05, 3.63) is 53.6 Å². The van der Waals surface area contributed by atoms with Gasteiger partial charge < -0.3 is 15.4 Å². The third-order valence-electron chi connectivity index (χ3n) is 4.62. The van der Waals surface area contributed by atoms with Crippen LogP contribution in [0.4, 0.5) is 10.5 Å². The van der Waals surface area contributed by atoms with Crippen molar-refractivity contribution in [3.8, 4) is 5.75 Å². The molecule has 1 heterocycles. The lowest BCUT2D eigenvalue weighted by Gasteiger charge is -2.26. The summed E-state index contributed by atoms with van der Waals surface area (Å²) < 4.78 is 5.65. The fourth-order valence-corrected chi connectivity index (χ4v) is 4.00. The molecule has 2 unspecified atom stereocenters. The number of anilines is 1. The molecule has 2 aromatic rings. The van der Waals surface area contributed by atoms with Gasteiger partial charge in [-0.15, -0.1) is 11.8 Å². The van der Waals surface area contributed by atoms with Crippen LogP contribution in [0.25, 0.3) is 0 Å². The van der Waals surface area contributed by atoms with Crippen LogP contribution >= 0.6 is 11.8 Å². The van der Waals surface area contributed by atoms with Gasteiger partial charge in [0.1, 0.15) is 5.75 Å². The minimum atomic E-state index is -0.183. The first-order valence-electron chi connectivity index (χ1n) is 9.13. The lowest BCUT2D eigenvalue weighted by Crippen LogP contribution is -2.35. The molecule has 0 fully saturated rings. The predicted molar refractivity (Wildman–Crippen MR) is 108 cm³/mol. The molecule has 1 aliphatic rings. The number of carbonyl (C=O) groups excluding carboxylic acids is 1. The third-order valence-corrected chi connectivity index (χ3v) is 5.88. The average Bonchev–Trinajstić information content (AvgIpc) is 2.64. The second-order valence-corrected chi connectivity index (χ2v) is 8.15. The van der Waals surface area contributed by atoms with E-state index in [9.17, 15) is 4.79 Å². The van der Waals surface area contributed by atoms with E-state index in [0.717, 1.165) is 35.4 Å². The van der Waals surface area contributed by atoms with Crippen LogP contribution in [0.1, 0.15) is 43.9 Å². The molecule has 2 N–H and O–H groups in total. The Hall–Kier alpha value is -2.14. The molecular formula is C21H26N2O2S. The monoisotopic (exact) mass is 370 g/mol. The molecule has 0 saturated heterocycles. The number of amides is 2. The Morgan fingerprint density at radius 1 is 1.31 bits per heavy atom. The first-order valence-corrected chi connectivity index (χ1v) is 10.0. The number of hydrogen-bond donors (Lipinski definition) is 2. The topological polar surface area (TPSA) is 50.4 Å². The fraction of sp³-hybridized carbons (Fsp3) is 0.381. The van der Waals surface area contributed by atoms with Gasteiger partial charge in [-0.25, -0.2) is 4.79 Å². The Labute approximate surface area is 159 Å². The molecule has 0 radical (unpaired) electrons. The molecule has 2 amide bonds. The van der Waals surface area contributed by atoms with E-state index in [1.807, 2.05) is 49.0 Å². The summed E-state index contributed by atoms with van der Waals surface area (Å²) in [6.45, 7) is 7.06. The molecule has 0 aromatic heterocycles. The summed E-state index contributed by atoms with van der Waals surface area (Å²) in [4.78, 5) is 13.7. The van der Waals surface area contributed by atoms with Crippen molar-refractivity contribution in [2.24, 2.45) is 0 Å². The number of rotatable bonds is 5. The minimum Gasteiger partial charge on any atom is -0.493 e. The van der Waals surface area contributed by atoms with Crippen molar-refractivity contribution < 1.29 is 9.53 Å². The van der Waals surface area contributed by atoms with Crippen LogP contribution in [0.3, 0.4) is 0 Å². The van der Waals surface area contributed by atoms with E-state index >= 15 is 0 Å². The molecule has 1 aliphatic heterocycles. The number of fused-ring (bicyclic) bond motifs is 1. The van der Waals surface area contributed by atoms with Gasteiger partial charge in [0.15, 0.2) is 0 Å². The number of hydrogen-bond acceptors (Lipinski definition) is 3. The van der Waals surface area contributed by atoms with Gasteiger partial charge in [-0.1, -0.05) is 32.0 Å². The summed E-state index contributed by atoms with van der Waals surface area (Å²) in [5.74, 6) is 0.853. The van der Waals surface area contributed by atoms with Crippen LogP contribution in [0.2, 0.25) is 0 Å². The molecule has 138 valence electrons. The second-order valence-electron chi connectivity index (χ2n) is 6.64. The van der Waals surface area contributed by atoms with Crippen LogP contribution in [-0.4, -0.2) is 17.9 Å². The van der Waals surface area contributed by atoms with Crippen LogP contribution in [0, 0.1) is 6.92 Å². The summed E-state index contributed by atoms with van der Waals surface area (Å²) in [7, 11) is 0. The minimum absolute atomic E-state index is 0.0273. The van der Waals surface area contributed by atoms with Crippen molar-refractivity contribution in [2.75, 3.05) is 11.9 Å². The zero-order valence-electron chi connectivity index (χ0n) is 15.5. The van der Waals surface area contributed by atoms with Crippen LogP contribution in [0.15, 0.2) is 47.4 Å². The summed E-state index contributed by atoms with van der Waals surface area (Å²) in [5.41, 5.74) is 2.95. The van der Waals surface area contributed by atoms with Crippen molar-refractivity contribution in [3.63, 3.8) is 0 Å². The highest BCUT2D eigenvalue weighted by Crippen LogP contribution is 2.32. The molecule has 5 heteroatoms. The Morgan fingerprint density at radius 2 is 2.12 bits per heavy atom. The third kappa shape index (κ3) is 4.52. The first-order chi connectivity index (χ1) is 12.6. The molecular weight excluding hydrogens is 344 g/mol. The Bertz CT molecular complexity index is 778. The van der Waals surface area contributed by atoms with Gasteiger partial charge in [0.2, 0.25) is 0 Å². The normalized spacial score (nSPS) is 17.0. The molecule has 0 aliphatic carbocycles. The number of thioether (sulfide) groups is 1. The predicted octanol–water partition coefficient (Wildman–Crippen LogP) is 5.53. The van der Waals surface area contributed by atoms with E-state index in [-0.39, 0.29) is 12.1 Å². The molecule has 3 rings (SSSR count). The standard InChI is InChI=1S/C21H26N2O2S/c1-4-15(3)26-16-9-10-18(14(2)13-16)22-21(24)23-19-11-12-25-20-8-6-5-7-17(19)20/h5-10,13,15,19H,4,11-12H2,1-3H3,(H2,22,23,24). The molecule has 26 heavy (non-hydrogen) atoms. The highest BCUT2D eigenvalue weighted by Gasteiger charge is 2.22. The van der Waals surface area contributed by atoms with Crippen LogP contribution in [0.5, 0.6) is 5.75 Å². The maximum absolute atomic E-state index is 12.5. The Kier molecular flexibility index (Phi) is 6.09. The Balaban J connectivity index is 1.64. The van der Waals surface area contributed by atoms with Gasteiger partial charge in [0.25, 0.3) is 0 Å². The number of urea groups is 1. The number of nitrogens with one attached hydrogen (secondary N) is 2. The SMILES string of the molecule is CCC(C)Sc1ccc(NC(=O)NC2CCOc3ccccc32)c(C)c1. The molecule has 2 atom stereocenters. The van der Waals surface area contributed by atoms with E-state index in [1.54, 1.807) is 0 Å². The maximum atomic E-state index is 12.5. The molecule has 4 nitrogen and oxygen atoms in total. The molecule has 0 saturated carbocycles. The number of aryl methyl sites for hydroxylation is 1. The molecule has 0 bridgehead atoms. The lowest BCUT2D eigenvalue weighted by molar-refractivity contribution is 0.232. The summed E-state index contributed by atoms with van der Waals surface area (Å²) >= 11 is 1.86. The zero-order valence-corrected chi connectivity index (χ0v) is 16.4.